The van der Waals surface area contributed by atoms with Crippen molar-refractivity contribution in [1.82, 2.24) is 9.13 Å². The van der Waals surface area contributed by atoms with E-state index >= 15 is 0 Å². The molecule has 0 spiro atoms. The molecule has 0 fully saturated rings. The highest BCUT2D eigenvalue weighted by Gasteiger charge is 2.19. The number of hydrogen-bond acceptors (Lipinski definition) is 0. The summed E-state index contributed by atoms with van der Waals surface area (Å²) in [6, 6.07) is 29.2. The van der Waals surface area contributed by atoms with Gasteiger partial charge in [0, 0.05) is 38.1 Å². The van der Waals surface area contributed by atoms with Gasteiger partial charge in [-0.15, -0.1) is 32.8 Å². The van der Waals surface area contributed by atoms with Gasteiger partial charge in [-0.3, -0.25) is 0 Å². The Morgan fingerprint density at radius 3 is 1.52 bits per heavy atom. The second kappa shape index (κ2) is 13.4. The van der Waals surface area contributed by atoms with Crippen LogP contribution in [0.5, 0.6) is 0 Å². The minimum absolute atomic E-state index is 0.174. The lowest BCUT2D eigenvalue weighted by Gasteiger charge is -2.23. The molecule has 0 unspecified atom stereocenters. The monoisotopic (exact) mass is 664 g/mol. The number of fused-ring (bicyclic) bond motifs is 4. The van der Waals surface area contributed by atoms with Crippen LogP contribution in [-0.2, 0) is 0 Å². The summed E-state index contributed by atoms with van der Waals surface area (Å²) in [4.78, 5) is 0. The maximum atomic E-state index is 6.57. The van der Waals surface area contributed by atoms with E-state index in [4.69, 9.17) is 78.5 Å². The molecular formula is C42H22B10N2. The molecule has 8 aromatic rings. The van der Waals surface area contributed by atoms with Crippen molar-refractivity contribution in [2.24, 2.45) is 0 Å². The van der Waals surface area contributed by atoms with E-state index in [2.05, 4.69) is 59.2 Å². The largest absolute Gasteiger partial charge is 0.311 e. The van der Waals surface area contributed by atoms with Crippen LogP contribution < -0.4 is 65.2 Å². The molecular weight excluding hydrogens is 641 g/mol. The number of hydrogen-bond donors (Lipinski definition) is 0. The fourth-order valence-corrected chi connectivity index (χ4v) is 7.81. The fourth-order valence-electron chi connectivity index (χ4n) is 7.81. The molecule has 0 aliphatic rings. The van der Waals surface area contributed by atoms with Crippen molar-refractivity contribution >= 4 is 178 Å². The van der Waals surface area contributed by atoms with Gasteiger partial charge in [-0.25, -0.2) is 0 Å². The summed E-state index contributed by atoms with van der Waals surface area (Å²) in [6.07, 6.45) is 4.10. The summed E-state index contributed by atoms with van der Waals surface area (Å²) in [6.45, 7) is 3.98. The molecule has 20 radical (unpaired) electrons. The fraction of sp³-hybridized carbons (Fsp3) is 0.0476. The zero-order chi connectivity index (χ0) is 38.3. The molecule has 0 saturated carbocycles. The standard InChI is InChI=1S/C42H22B10N2/c1-3-23-25-17-19(13-15-30(25)54(27(23)4-2)42-40(51)38(49)37(48)39(50)41(42)52)20-12-14-29-26(18-20)24-10-5-6-11-28(24)53(29)22-9-7-8-21(16-22)31-32(43)34(45)36(47)35(46)33(31)44/h3-18H,1-2H3/b23-3-,27-4+. The van der Waals surface area contributed by atoms with Crippen LogP contribution in [0, 0.1) is 0 Å². The van der Waals surface area contributed by atoms with Crippen molar-refractivity contribution in [1.29, 1.82) is 0 Å². The Morgan fingerprint density at radius 2 is 0.926 bits per heavy atom. The van der Waals surface area contributed by atoms with E-state index in [1.807, 2.05) is 60.9 Å². The van der Waals surface area contributed by atoms with Crippen molar-refractivity contribution in [2.45, 2.75) is 13.8 Å². The number of benzene rings is 6. The highest BCUT2D eigenvalue weighted by atomic mass is 15.0. The van der Waals surface area contributed by atoms with Gasteiger partial charge in [0.15, 0.2) is 0 Å². The molecule has 12 heteroatoms. The third-order valence-electron chi connectivity index (χ3n) is 10.6. The molecule has 8 rings (SSSR count). The second-order valence-electron chi connectivity index (χ2n) is 13.4. The molecule has 6 aromatic carbocycles. The van der Waals surface area contributed by atoms with Crippen LogP contribution in [0.4, 0.5) is 0 Å². The summed E-state index contributed by atoms with van der Waals surface area (Å²) >= 11 is 0. The summed E-state index contributed by atoms with van der Waals surface area (Å²) in [5.74, 6) is 0. The Morgan fingerprint density at radius 1 is 0.407 bits per heavy atom. The Hall–Kier alpha value is -4.95. The first kappa shape index (κ1) is 36.0. The summed E-state index contributed by atoms with van der Waals surface area (Å²) in [5.41, 5.74) is 10.1. The lowest BCUT2D eigenvalue weighted by Crippen LogP contribution is -2.57. The molecule has 2 nitrogen and oxygen atoms in total. The first-order valence-corrected chi connectivity index (χ1v) is 17.3. The van der Waals surface area contributed by atoms with Gasteiger partial charge in [0.05, 0.1) is 16.6 Å². The number of nitrogens with zero attached hydrogens (tertiary/aromatic N) is 2. The van der Waals surface area contributed by atoms with Crippen molar-refractivity contribution in [3.05, 3.63) is 95.5 Å². The van der Waals surface area contributed by atoms with Crippen molar-refractivity contribution in [3.63, 3.8) is 0 Å². The molecule has 0 amide bonds. The SMILES string of the molecule is [B]c1c([B])c([B])c(-c2cccc(-n3c4ccccc4c4cc(-c5ccc6c(c5)c(=C/C)/c(=C\C)n6-c5c([B])c([B])c([B])c([B])c5[B])ccc43)c2)c([B])c1[B]. The summed E-state index contributed by atoms with van der Waals surface area (Å²) in [5, 5.41) is 5.12. The highest BCUT2D eigenvalue weighted by Crippen LogP contribution is 2.36. The van der Waals surface area contributed by atoms with Gasteiger partial charge in [-0.1, -0.05) is 76.5 Å². The van der Waals surface area contributed by atoms with E-state index in [9.17, 15) is 0 Å². The summed E-state index contributed by atoms with van der Waals surface area (Å²) < 4.78 is 4.23. The first-order valence-electron chi connectivity index (χ1n) is 17.3. The van der Waals surface area contributed by atoms with E-state index in [0.717, 1.165) is 65.7 Å². The van der Waals surface area contributed by atoms with Gasteiger partial charge < -0.3 is 9.13 Å². The quantitative estimate of drug-likeness (QED) is 0.186. The Kier molecular flexibility index (Phi) is 8.95. The Bertz CT molecular complexity index is 2970. The molecule has 0 aliphatic carbocycles. The predicted octanol–water partition coefficient (Wildman–Crippen LogP) is -2.40. The molecule has 2 heterocycles. The molecule has 0 atom stereocenters. The molecule has 54 heavy (non-hydrogen) atoms. The van der Waals surface area contributed by atoms with Crippen LogP contribution in [0.3, 0.4) is 0 Å². The predicted molar refractivity (Wildman–Crippen MR) is 242 cm³/mol. The third kappa shape index (κ3) is 5.24. The average Bonchev–Trinajstić information content (AvgIpc) is 3.69. The number of aromatic nitrogens is 2. The van der Waals surface area contributed by atoms with Gasteiger partial charge in [0.2, 0.25) is 0 Å². The zero-order valence-corrected chi connectivity index (χ0v) is 29.9. The highest BCUT2D eigenvalue weighted by molar-refractivity contribution is 6.69. The zero-order valence-electron chi connectivity index (χ0n) is 29.9. The molecule has 2 aromatic heterocycles. The minimum Gasteiger partial charge on any atom is -0.311 e. The normalized spacial score (nSPS) is 12.5. The smallest absolute Gasteiger partial charge is 0.115 e. The molecule has 0 saturated heterocycles. The van der Waals surface area contributed by atoms with Crippen LogP contribution in [-0.4, -0.2) is 87.6 Å². The maximum Gasteiger partial charge on any atom is 0.115 e. The molecule has 0 bridgehead atoms. The topological polar surface area (TPSA) is 9.86 Å². The average molecular weight is 663 g/mol. The third-order valence-corrected chi connectivity index (χ3v) is 10.6. The van der Waals surface area contributed by atoms with Crippen LogP contribution in [0.1, 0.15) is 13.8 Å². The second-order valence-corrected chi connectivity index (χ2v) is 13.4. The van der Waals surface area contributed by atoms with Crippen molar-refractivity contribution in [3.8, 4) is 33.6 Å². The lowest BCUT2D eigenvalue weighted by atomic mass is 9.59. The molecule has 0 N–H and O–H groups in total. The Labute approximate surface area is 328 Å². The van der Waals surface area contributed by atoms with Gasteiger partial charge in [-0.2, -0.15) is 0 Å². The van der Waals surface area contributed by atoms with Crippen LogP contribution >= 0.6 is 0 Å². The van der Waals surface area contributed by atoms with Crippen LogP contribution in [0.25, 0.3) is 78.5 Å². The lowest BCUT2D eigenvalue weighted by molar-refractivity contribution is 1.09. The van der Waals surface area contributed by atoms with Gasteiger partial charge in [0.25, 0.3) is 0 Å². The number of rotatable bonds is 4. The van der Waals surface area contributed by atoms with Crippen molar-refractivity contribution < 1.29 is 0 Å². The molecule has 230 valence electrons. The van der Waals surface area contributed by atoms with Gasteiger partial charge >= 0.3 is 0 Å². The van der Waals surface area contributed by atoms with E-state index in [0.29, 0.717) is 11.3 Å². The van der Waals surface area contributed by atoms with Gasteiger partial charge in [-0.05, 0) is 78.6 Å². The van der Waals surface area contributed by atoms with Crippen LogP contribution in [0.15, 0.2) is 84.9 Å². The van der Waals surface area contributed by atoms with Crippen LogP contribution in [0.2, 0.25) is 0 Å². The number of para-hydroxylation sites is 1. The van der Waals surface area contributed by atoms with E-state index in [1.165, 1.54) is 0 Å². The Balaban J connectivity index is 1.32. The summed E-state index contributed by atoms with van der Waals surface area (Å²) in [7, 11) is 63.4. The van der Waals surface area contributed by atoms with E-state index < -0.39 is 0 Å². The van der Waals surface area contributed by atoms with Crippen molar-refractivity contribution in [2.75, 3.05) is 0 Å². The maximum absolute atomic E-state index is 6.57. The van der Waals surface area contributed by atoms with E-state index in [1.54, 1.807) is 0 Å². The minimum atomic E-state index is 0.174. The van der Waals surface area contributed by atoms with E-state index in [-0.39, 0.29) is 54.6 Å². The molecule has 0 aliphatic heterocycles. The van der Waals surface area contributed by atoms with Gasteiger partial charge in [0.1, 0.15) is 78.5 Å². The first-order chi connectivity index (χ1) is 25.9.